The molecule has 0 spiro atoms. The van der Waals surface area contributed by atoms with E-state index in [1.165, 1.54) is 25.4 Å². The molecule has 1 aromatic heterocycles. The number of carbonyl (C=O) groups is 1. The van der Waals surface area contributed by atoms with Gasteiger partial charge in [0, 0.05) is 23.7 Å². The molecule has 0 unspecified atom stereocenters. The molecule has 6 nitrogen and oxygen atoms in total. The van der Waals surface area contributed by atoms with Crippen molar-refractivity contribution in [3.8, 4) is 22.6 Å². The zero-order valence-electron chi connectivity index (χ0n) is 16.0. The van der Waals surface area contributed by atoms with Crippen LogP contribution < -0.4 is 14.8 Å². The number of pyridine rings is 1. The van der Waals surface area contributed by atoms with Crippen LogP contribution >= 0.6 is 0 Å². The third-order valence-electron chi connectivity index (χ3n) is 4.22. The van der Waals surface area contributed by atoms with E-state index in [1.54, 1.807) is 30.3 Å². The van der Waals surface area contributed by atoms with Crippen molar-refractivity contribution < 1.29 is 32.5 Å². The van der Waals surface area contributed by atoms with Crippen LogP contribution in [0.3, 0.4) is 0 Å². The highest BCUT2D eigenvalue weighted by Crippen LogP contribution is 2.33. The summed E-state index contributed by atoms with van der Waals surface area (Å²) in [6, 6.07) is 11.3. The number of hydrogen-bond donors (Lipinski definition) is 2. The molecule has 0 saturated heterocycles. The number of aliphatic hydroxyl groups excluding tert-OH is 1. The second-order valence-electron chi connectivity index (χ2n) is 6.38. The molecule has 0 saturated carbocycles. The summed E-state index contributed by atoms with van der Waals surface area (Å²) >= 11 is 0. The zero-order chi connectivity index (χ0) is 21.7. The lowest BCUT2D eigenvalue weighted by Gasteiger charge is -2.12. The lowest BCUT2D eigenvalue weighted by molar-refractivity contribution is -0.153. The van der Waals surface area contributed by atoms with Gasteiger partial charge >= 0.3 is 6.18 Å². The molecule has 1 heterocycles. The van der Waals surface area contributed by atoms with Crippen LogP contribution in [0, 0.1) is 0 Å². The molecular weight excluding hydrogens is 401 g/mol. The number of benzene rings is 2. The zero-order valence-corrected chi connectivity index (χ0v) is 16.0. The second-order valence-corrected chi connectivity index (χ2v) is 6.38. The highest BCUT2D eigenvalue weighted by atomic mass is 19.4. The van der Waals surface area contributed by atoms with Crippen molar-refractivity contribution in [3.63, 3.8) is 0 Å². The number of alkyl halides is 3. The molecule has 0 atom stereocenters. The fourth-order valence-electron chi connectivity index (χ4n) is 2.85. The third kappa shape index (κ3) is 5.18. The van der Waals surface area contributed by atoms with Crippen LogP contribution in [0.4, 0.5) is 13.2 Å². The standard InChI is InChI=1S/C21H19F3N2O4/c1-29-17-9-14-8-15(20(28)25-6-7-27)11-26-19(14)18(10-17)13-2-4-16(5-3-13)30-12-21(22,23)24/h2-5,8-11,27H,6-7,12H2,1H3,(H,25,28). The Morgan fingerprint density at radius 3 is 2.50 bits per heavy atom. The van der Waals surface area contributed by atoms with Crippen LogP contribution in [0.2, 0.25) is 0 Å². The summed E-state index contributed by atoms with van der Waals surface area (Å²) in [5, 5.41) is 12.1. The van der Waals surface area contributed by atoms with Crippen LogP contribution in [0.1, 0.15) is 10.4 Å². The number of nitrogens with one attached hydrogen (secondary N) is 1. The predicted molar refractivity (Wildman–Crippen MR) is 105 cm³/mol. The molecule has 0 aliphatic heterocycles. The van der Waals surface area contributed by atoms with Crippen LogP contribution in [0.15, 0.2) is 48.7 Å². The molecule has 0 fully saturated rings. The Hall–Kier alpha value is -3.33. The minimum atomic E-state index is -4.41. The quantitative estimate of drug-likeness (QED) is 0.611. The molecule has 1 amide bonds. The van der Waals surface area contributed by atoms with E-state index < -0.39 is 12.8 Å². The van der Waals surface area contributed by atoms with Crippen molar-refractivity contribution in [3.05, 3.63) is 54.2 Å². The molecule has 3 rings (SSSR count). The summed E-state index contributed by atoms with van der Waals surface area (Å²) in [7, 11) is 1.50. The minimum absolute atomic E-state index is 0.0964. The van der Waals surface area contributed by atoms with E-state index in [0.717, 1.165) is 0 Å². The largest absolute Gasteiger partial charge is 0.497 e. The molecule has 2 N–H and O–H groups in total. The first-order chi connectivity index (χ1) is 14.3. The van der Waals surface area contributed by atoms with Gasteiger partial charge in [-0.05, 0) is 35.9 Å². The lowest BCUT2D eigenvalue weighted by atomic mass is 10.0. The summed E-state index contributed by atoms with van der Waals surface area (Å²) < 4.78 is 47.0. The van der Waals surface area contributed by atoms with Crippen molar-refractivity contribution >= 4 is 16.8 Å². The predicted octanol–water partition coefficient (Wildman–Crippen LogP) is 3.57. The maximum Gasteiger partial charge on any atom is 0.422 e. The van der Waals surface area contributed by atoms with Gasteiger partial charge in [-0.15, -0.1) is 0 Å². The number of ether oxygens (including phenoxy) is 2. The van der Waals surface area contributed by atoms with Crippen LogP contribution in [-0.2, 0) is 0 Å². The number of aliphatic hydroxyl groups is 1. The summed E-state index contributed by atoms with van der Waals surface area (Å²) in [6.07, 6.45) is -2.99. The van der Waals surface area contributed by atoms with E-state index in [9.17, 15) is 18.0 Å². The van der Waals surface area contributed by atoms with Gasteiger partial charge in [0.2, 0.25) is 0 Å². The first kappa shape index (κ1) is 21.4. The smallest absolute Gasteiger partial charge is 0.422 e. The number of hydrogen-bond acceptors (Lipinski definition) is 5. The van der Waals surface area contributed by atoms with Gasteiger partial charge in [0.15, 0.2) is 6.61 Å². The fourth-order valence-corrected chi connectivity index (χ4v) is 2.85. The topological polar surface area (TPSA) is 80.7 Å². The van der Waals surface area contributed by atoms with Gasteiger partial charge in [-0.3, -0.25) is 9.78 Å². The van der Waals surface area contributed by atoms with Crippen molar-refractivity contribution in [1.29, 1.82) is 0 Å². The highest BCUT2D eigenvalue weighted by molar-refractivity contribution is 6.01. The Balaban J connectivity index is 1.95. The maximum atomic E-state index is 12.3. The third-order valence-corrected chi connectivity index (χ3v) is 4.22. The van der Waals surface area contributed by atoms with Gasteiger partial charge < -0.3 is 19.9 Å². The van der Waals surface area contributed by atoms with Gasteiger partial charge in [-0.2, -0.15) is 13.2 Å². The molecule has 2 aromatic carbocycles. The van der Waals surface area contributed by atoms with Crippen molar-refractivity contribution in [2.75, 3.05) is 26.9 Å². The van der Waals surface area contributed by atoms with Gasteiger partial charge in [0.05, 0.1) is 24.8 Å². The van der Waals surface area contributed by atoms with Gasteiger partial charge in [-0.25, -0.2) is 0 Å². The van der Waals surface area contributed by atoms with Crippen molar-refractivity contribution in [2.45, 2.75) is 6.18 Å². The summed E-state index contributed by atoms with van der Waals surface area (Å²) in [5.74, 6) is 0.262. The van der Waals surface area contributed by atoms with Crippen LogP contribution in [0.25, 0.3) is 22.0 Å². The van der Waals surface area contributed by atoms with E-state index in [4.69, 9.17) is 14.6 Å². The second kappa shape index (κ2) is 9.00. The molecule has 3 aromatic rings. The lowest BCUT2D eigenvalue weighted by Crippen LogP contribution is -2.26. The molecule has 30 heavy (non-hydrogen) atoms. The van der Waals surface area contributed by atoms with Gasteiger partial charge in [0.1, 0.15) is 11.5 Å². The first-order valence-corrected chi connectivity index (χ1v) is 8.97. The molecule has 9 heteroatoms. The molecule has 0 radical (unpaired) electrons. The average molecular weight is 420 g/mol. The molecule has 0 aliphatic carbocycles. The van der Waals surface area contributed by atoms with Crippen LogP contribution in [0.5, 0.6) is 11.5 Å². The number of aromatic nitrogens is 1. The average Bonchev–Trinajstić information content (AvgIpc) is 2.74. The van der Waals surface area contributed by atoms with Crippen molar-refractivity contribution in [1.82, 2.24) is 10.3 Å². The summed E-state index contributed by atoms with van der Waals surface area (Å²) in [4.78, 5) is 16.5. The maximum absolute atomic E-state index is 12.3. The Labute approximate surface area is 170 Å². The minimum Gasteiger partial charge on any atom is -0.497 e. The highest BCUT2D eigenvalue weighted by Gasteiger charge is 2.28. The summed E-state index contributed by atoms with van der Waals surface area (Å²) in [6.45, 7) is -1.41. The number of methoxy groups -OCH3 is 1. The SMILES string of the molecule is COc1cc(-c2ccc(OCC(F)(F)F)cc2)c2ncc(C(=O)NCCO)cc2c1. The van der Waals surface area contributed by atoms with Crippen LogP contribution in [-0.4, -0.2) is 49.0 Å². The fraction of sp³-hybridized carbons (Fsp3) is 0.238. The van der Waals surface area contributed by atoms with E-state index >= 15 is 0 Å². The van der Waals surface area contributed by atoms with E-state index in [1.807, 2.05) is 0 Å². The monoisotopic (exact) mass is 420 g/mol. The molecular formula is C21H19F3N2O4. The number of fused-ring (bicyclic) bond motifs is 1. The number of halogens is 3. The number of amides is 1. The number of rotatable bonds is 7. The Morgan fingerprint density at radius 1 is 1.13 bits per heavy atom. The Kier molecular flexibility index (Phi) is 6.41. The molecule has 158 valence electrons. The number of carbonyl (C=O) groups excluding carboxylic acids is 1. The molecule has 0 aliphatic rings. The van der Waals surface area contributed by atoms with Gasteiger partial charge in [0.25, 0.3) is 5.91 Å². The normalized spacial score (nSPS) is 11.4. The Bertz CT molecular complexity index is 1040. The van der Waals surface area contributed by atoms with Crippen molar-refractivity contribution in [2.24, 2.45) is 0 Å². The van der Waals surface area contributed by atoms with E-state index in [2.05, 4.69) is 10.3 Å². The first-order valence-electron chi connectivity index (χ1n) is 8.97. The van der Waals surface area contributed by atoms with Gasteiger partial charge in [-0.1, -0.05) is 12.1 Å². The molecule has 0 bridgehead atoms. The Morgan fingerprint density at radius 2 is 1.87 bits per heavy atom. The van der Waals surface area contributed by atoms with E-state index in [-0.39, 0.29) is 24.8 Å². The van der Waals surface area contributed by atoms with E-state index in [0.29, 0.717) is 33.3 Å². The summed E-state index contributed by atoms with van der Waals surface area (Å²) in [5.41, 5.74) is 2.31. The number of nitrogens with zero attached hydrogens (tertiary/aromatic N) is 1.